The topological polar surface area (TPSA) is 0 Å². The Morgan fingerprint density at radius 3 is 1.71 bits per heavy atom. The molecule has 2 heteroatoms. The second-order valence-corrected chi connectivity index (χ2v) is 33.8. The van der Waals surface area contributed by atoms with E-state index in [9.17, 15) is 0 Å². The minimum absolute atomic E-state index is 0.0679. The quantitative estimate of drug-likeness (QED) is 0.593. The van der Waals surface area contributed by atoms with E-state index in [2.05, 4.69) is 25.4 Å². The van der Waals surface area contributed by atoms with Crippen LogP contribution in [0.4, 0.5) is 0 Å². The molecule has 0 spiro atoms. The van der Waals surface area contributed by atoms with Crippen molar-refractivity contribution in [2.75, 3.05) is 0 Å². The van der Waals surface area contributed by atoms with E-state index in [1.165, 1.54) is 0 Å². The number of hydrogen-bond donors (Lipinski definition) is 0. The Hall–Kier alpha value is 1.28. The molecular weight excluding hydrogens is 311 g/mol. The van der Waals surface area contributed by atoms with Gasteiger partial charge in [-0.15, -0.1) is 0 Å². The molecule has 0 radical (unpaired) electrons. The predicted molar refractivity (Wildman–Crippen MR) is 33.8 cm³/mol. The predicted octanol–water partition coefficient (Wildman–Crippen LogP) is 1.53. The number of rotatable bonds is 0. The van der Waals surface area contributed by atoms with E-state index in [1.807, 2.05) is 0 Å². The molecule has 40 valence electrons. The monoisotopic (exact) mass is 326 g/mol. The van der Waals surface area contributed by atoms with Gasteiger partial charge in [-0.1, -0.05) is 0 Å². The summed E-state index contributed by atoms with van der Waals surface area (Å²) in [7, 11) is -0.292. The third-order valence-electron chi connectivity index (χ3n) is 0.500. The summed E-state index contributed by atoms with van der Waals surface area (Å²) >= 11 is -0.0679. The maximum absolute atomic E-state index is 2.50. The average molecular weight is 323 g/mol. The first-order valence-electron chi connectivity index (χ1n) is 2.50. The summed E-state index contributed by atoms with van der Waals surface area (Å²) in [6.45, 7) is 4.62. The van der Waals surface area contributed by atoms with Crippen LogP contribution in [0.25, 0.3) is 0 Å². The minimum atomic E-state index is -0.292. The summed E-state index contributed by atoms with van der Waals surface area (Å²) in [6, 6.07) is 0. The number of hydrogen-bond acceptors (Lipinski definition) is 0. The summed E-state index contributed by atoms with van der Waals surface area (Å²) < 4.78 is 1.81. The van der Waals surface area contributed by atoms with Crippen LogP contribution in [0.3, 0.4) is 0 Å². The Bertz CT molecular complexity index is 100. The van der Waals surface area contributed by atoms with Gasteiger partial charge in [0.1, 0.15) is 0 Å². The molecular formula is C5H12GeHf. The molecule has 0 heterocycles. The Morgan fingerprint density at radius 2 is 1.71 bits per heavy atom. The van der Waals surface area contributed by atoms with Crippen LogP contribution in [0.1, 0.15) is 13.8 Å². The Labute approximate surface area is 57.7 Å². The molecule has 0 N–H and O–H groups in total. The molecule has 0 aromatic carbocycles. The Morgan fingerprint density at radius 1 is 1.29 bits per heavy atom. The van der Waals surface area contributed by atoms with Gasteiger partial charge in [-0.2, -0.15) is 0 Å². The molecule has 0 saturated carbocycles. The van der Waals surface area contributed by atoms with Gasteiger partial charge in [0.25, 0.3) is 0 Å². The van der Waals surface area contributed by atoms with Gasteiger partial charge >= 0.3 is 58.0 Å². The van der Waals surface area contributed by atoms with Gasteiger partial charge in [-0.25, -0.2) is 0 Å². The van der Waals surface area contributed by atoms with E-state index in [1.54, 1.807) is 3.26 Å². The van der Waals surface area contributed by atoms with Crippen molar-refractivity contribution in [3.63, 3.8) is 0 Å². The van der Waals surface area contributed by atoms with Crippen molar-refractivity contribution in [1.82, 2.24) is 0 Å². The molecule has 0 bridgehead atoms. The van der Waals surface area contributed by atoms with Crippen LogP contribution in [-0.4, -0.2) is 13.3 Å². The average Bonchev–Trinajstić information content (AvgIpc) is 1.27. The summed E-state index contributed by atoms with van der Waals surface area (Å²) in [5.74, 6) is 4.99. The van der Waals surface area contributed by atoms with Gasteiger partial charge in [-0.05, 0) is 0 Å². The van der Waals surface area contributed by atoms with Crippen molar-refractivity contribution in [2.45, 2.75) is 25.4 Å². The van der Waals surface area contributed by atoms with E-state index in [4.69, 9.17) is 0 Å². The first-order chi connectivity index (χ1) is 3.13. The van der Waals surface area contributed by atoms with Gasteiger partial charge in [0, 0.05) is 0 Å². The molecule has 0 rings (SSSR count). The normalized spacial score (nSPS) is 7.43. The van der Waals surface area contributed by atoms with Gasteiger partial charge in [0.15, 0.2) is 0 Å². The zero-order valence-electron chi connectivity index (χ0n) is 5.50. The molecule has 0 aromatic rings. The summed E-state index contributed by atoms with van der Waals surface area (Å²) in [4.78, 5) is 0. The van der Waals surface area contributed by atoms with Crippen LogP contribution < -0.4 is 0 Å². The zero-order valence-corrected chi connectivity index (χ0v) is 11.2. The SMILES string of the molecule is C[C](C)=[Hf]=[Ge]([CH3])[CH3]. The first kappa shape index (κ1) is 8.28. The standard InChI is InChI=1S/C3H6.C2H6Ge.Hf/c2*1-3-2;/h2*1-2H3;. The van der Waals surface area contributed by atoms with E-state index in [0.717, 1.165) is 0 Å². The fourth-order valence-corrected chi connectivity index (χ4v) is 21.3. The Balaban J connectivity index is 4.13. The van der Waals surface area contributed by atoms with Gasteiger partial charge < -0.3 is 0 Å². The van der Waals surface area contributed by atoms with Crippen molar-refractivity contribution in [2.24, 2.45) is 0 Å². The van der Waals surface area contributed by atoms with Crippen LogP contribution >= 0.6 is 0 Å². The zero-order chi connectivity index (χ0) is 5.86. The van der Waals surface area contributed by atoms with E-state index in [-0.39, 0.29) is 29.4 Å². The van der Waals surface area contributed by atoms with Crippen molar-refractivity contribution < 1.29 is 19.3 Å². The molecule has 0 atom stereocenters. The van der Waals surface area contributed by atoms with Crippen molar-refractivity contribution in [3.05, 3.63) is 0 Å². The van der Waals surface area contributed by atoms with Crippen LogP contribution in [0, 0.1) is 0 Å². The third kappa shape index (κ3) is 7.28. The molecule has 0 fully saturated rings. The third-order valence-corrected chi connectivity index (χ3v) is 21.3. The fourth-order valence-electron chi connectivity index (χ4n) is 0.500. The molecule has 0 saturated heterocycles. The fraction of sp³-hybridized carbons (Fsp3) is 0.800. The maximum atomic E-state index is 2.50. The summed E-state index contributed by atoms with van der Waals surface area (Å²) in [5.41, 5.74) is 0. The molecule has 0 aliphatic heterocycles. The van der Waals surface area contributed by atoms with Crippen molar-refractivity contribution >= 4 is 13.3 Å². The van der Waals surface area contributed by atoms with E-state index in [0.29, 0.717) is 0 Å². The Kier molecular flexibility index (Phi) is 4.96. The molecule has 0 aromatic heterocycles. The van der Waals surface area contributed by atoms with Gasteiger partial charge in [0.05, 0.1) is 0 Å². The van der Waals surface area contributed by atoms with Gasteiger partial charge in [-0.3, -0.25) is 0 Å². The molecule has 0 amide bonds. The van der Waals surface area contributed by atoms with E-state index >= 15 is 0 Å². The van der Waals surface area contributed by atoms with Crippen LogP contribution in [-0.2, 0) is 19.3 Å². The molecule has 7 heavy (non-hydrogen) atoms. The van der Waals surface area contributed by atoms with Crippen LogP contribution in [0.2, 0.25) is 11.5 Å². The van der Waals surface area contributed by atoms with Crippen LogP contribution in [0.5, 0.6) is 0 Å². The molecule has 0 aliphatic rings. The molecule has 0 aliphatic carbocycles. The van der Waals surface area contributed by atoms with Crippen molar-refractivity contribution in [3.8, 4) is 0 Å². The van der Waals surface area contributed by atoms with Gasteiger partial charge in [0.2, 0.25) is 0 Å². The summed E-state index contributed by atoms with van der Waals surface area (Å²) in [5, 5.41) is 0. The second kappa shape index (κ2) is 4.19. The second-order valence-electron chi connectivity index (χ2n) is 2.12. The van der Waals surface area contributed by atoms with E-state index < -0.39 is 0 Å². The molecule has 0 unspecified atom stereocenters. The molecule has 0 nitrogen and oxygen atoms in total. The first-order valence-corrected chi connectivity index (χ1v) is 18.9. The van der Waals surface area contributed by atoms with Crippen molar-refractivity contribution in [1.29, 1.82) is 0 Å². The van der Waals surface area contributed by atoms with Crippen LogP contribution in [0.15, 0.2) is 0 Å². The summed E-state index contributed by atoms with van der Waals surface area (Å²) in [6.07, 6.45) is 0.